The predicted molar refractivity (Wildman–Crippen MR) is 125 cm³/mol. The molecule has 0 radical (unpaired) electrons. The van der Waals surface area contributed by atoms with Crippen LogP contribution in [0.2, 0.25) is 5.02 Å². The van der Waals surface area contributed by atoms with Gasteiger partial charge in [0.05, 0.1) is 11.1 Å². The molecule has 1 aliphatic rings. The quantitative estimate of drug-likeness (QED) is 0.571. The average molecular weight is 457 g/mol. The molecule has 31 heavy (non-hydrogen) atoms. The van der Waals surface area contributed by atoms with Crippen LogP contribution in [0.3, 0.4) is 0 Å². The Balaban J connectivity index is 1.58. The highest BCUT2D eigenvalue weighted by atomic mass is 35.5. The van der Waals surface area contributed by atoms with Crippen molar-refractivity contribution in [1.82, 2.24) is 19.9 Å². The number of hydrogen-bond donors (Lipinski definition) is 1. The van der Waals surface area contributed by atoms with E-state index >= 15 is 0 Å². The van der Waals surface area contributed by atoms with Crippen molar-refractivity contribution in [2.75, 3.05) is 37.8 Å². The highest BCUT2D eigenvalue weighted by Gasteiger charge is 2.26. The van der Waals surface area contributed by atoms with E-state index in [1.807, 2.05) is 36.5 Å². The number of hydrogen-bond acceptors (Lipinski definition) is 8. The van der Waals surface area contributed by atoms with E-state index in [4.69, 9.17) is 27.1 Å². The largest absolute Gasteiger partial charge is 0.472 e. The number of aromatic nitrogens is 3. The van der Waals surface area contributed by atoms with Crippen LogP contribution in [0.5, 0.6) is 5.88 Å². The molecular weight excluding hydrogens is 432 g/mol. The predicted octanol–water partition coefficient (Wildman–Crippen LogP) is 3.98. The van der Waals surface area contributed by atoms with Gasteiger partial charge in [-0.25, -0.2) is 9.97 Å². The molecule has 7 nitrogen and oxygen atoms in total. The van der Waals surface area contributed by atoms with E-state index in [1.165, 1.54) is 11.8 Å². The number of anilines is 2. The van der Waals surface area contributed by atoms with Crippen molar-refractivity contribution in [1.29, 1.82) is 0 Å². The van der Waals surface area contributed by atoms with Crippen molar-refractivity contribution in [2.24, 2.45) is 0 Å². The van der Waals surface area contributed by atoms with Gasteiger partial charge in [-0.1, -0.05) is 35.5 Å². The Morgan fingerprint density at radius 1 is 1.23 bits per heavy atom. The molecule has 0 unspecified atom stereocenters. The van der Waals surface area contributed by atoms with Crippen LogP contribution in [0.25, 0.3) is 0 Å². The molecule has 2 N–H and O–H groups in total. The first-order valence-electron chi connectivity index (χ1n) is 10.0. The minimum absolute atomic E-state index is 0.366. The number of nitrogens with zero attached hydrogens (tertiary/aromatic N) is 5. The van der Waals surface area contributed by atoms with Crippen molar-refractivity contribution in [3.05, 3.63) is 59.4 Å². The summed E-state index contributed by atoms with van der Waals surface area (Å²) in [7, 11) is 4.21. The van der Waals surface area contributed by atoms with Crippen molar-refractivity contribution in [3.8, 4) is 5.88 Å². The molecule has 1 saturated heterocycles. The number of ether oxygens (including phenoxy) is 1. The molecule has 162 valence electrons. The van der Waals surface area contributed by atoms with Crippen molar-refractivity contribution >= 4 is 35.1 Å². The molecule has 3 heterocycles. The van der Waals surface area contributed by atoms with Gasteiger partial charge >= 0.3 is 0 Å². The molecule has 9 heteroatoms. The summed E-state index contributed by atoms with van der Waals surface area (Å²) in [4.78, 5) is 19.8. The molecule has 2 aromatic heterocycles. The maximum Gasteiger partial charge on any atom is 0.232 e. The highest BCUT2D eigenvalue weighted by molar-refractivity contribution is 7.99. The molecule has 0 bridgehead atoms. The Hall–Kier alpha value is -2.55. The van der Waals surface area contributed by atoms with Crippen LogP contribution in [0.15, 0.2) is 58.6 Å². The minimum atomic E-state index is 0.366. The van der Waals surface area contributed by atoms with Crippen LogP contribution in [-0.4, -0.2) is 53.1 Å². The van der Waals surface area contributed by atoms with Crippen molar-refractivity contribution in [2.45, 2.75) is 28.9 Å². The zero-order chi connectivity index (χ0) is 21.8. The molecular formula is C22H25ClN6OS. The highest BCUT2D eigenvalue weighted by Crippen LogP contribution is 2.35. The van der Waals surface area contributed by atoms with Gasteiger partial charge < -0.3 is 20.3 Å². The van der Waals surface area contributed by atoms with Gasteiger partial charge in [0.25, 0.3) is 0 Å². The summed E-state index contributed by atoms with van der Waals surface area (Å²) in [5.74, 6) is 1.71. The van der Waals surface area contributed by atoms with Crippen molar-refractivity contribution in [3.63, 3.8) is 0 Å². The maximum atomic E-state index is 6.14. The molecule has 1 fully saturated rings. The Labute approximate surface area is 191 Å². The Morgan fingerprint density at radius 2 is 2.10 bits per heavy atom. The first-order valence-corrected chi connectivity index (χ1v) is 11.2. The van der Waals surface area contributed by atoms with Crippen LogP contribution in [0.1, 0.15) is 12.0 Å². The van der Waals surface area contributed by atoms with Gasteiger partial charge in [0.1, 0.15) is 12.4 Å². The second kappa shape index (κ2) is 9.72. The lowest BCUT2D eigenvalue weighted by molar-refractivity contribution is 0.285. The lowest BCUT2D eigenvalue weighted by atomic mass is 10.2. The Morgan fingerprint density at radius 3 is 2.81 bits per heavy atom. The van der Waals surface area contributed by atoms with E-state index in [0.717, 1.165) is 34.9 Å². The molecule has 0 amide bonds. The number of halogens is 1. The zero-order valence-corrected chi connectivity index (χ0v) is 19.1. The number of nitrogens with two attached hydrogens (primary N) is 1. The van der Waals surface area contributed by atoms with Crippen LogP contribution >= 0.6 is 23.4 Å². The number of benzene rings is 1. The standard InChI is InChI=1S/C22H25ClN6OS/c1-28(2)17-8-9-29(13-17)22-26-12-19(31-18-6-7-20(24)25-11-18)21(27-22)30-14-15-4-3-5-16(23)10-15/h3-7,10-12,17H,8-9,13-14H2,1-2H3,(H2,24,25)/t17-/m1/s1. The van der Waals surface area contributed by atoms with E-state index in [9.17, 15) is 0 Å². The molecule has 4 rings (SSSR count). The van der Waals surface area contributed by atoms with Gasteiger partial charge in [0.2, 0.25) is 11.8 Å². The minimum Gasteiger partial charge on any atom is -0.472 e. The summed E-state index contributed by atoms with van der Waals surface area (Å²) >= 11 is 7.61. The maximum absolute atomic E-state index is 6.14. The fourth-order valence-electron chi connectivity index (χ4n) is 3.37. The number of nitrogen functional groups attached to an aromatic ring is 1. The van der Waals surface area contributed by atoms with E-state index in [-0.39, 0.29) is 0 Å². The average Bonchev–Trinajstić information content (AvgIpc) is 3.25. The molecule has 3 aromatic rings. The number of likely N-dealkylation sites (N-methyl/N-ethyl adjacent to an activating group) is 1. The van der Waals surface area contributed by atoms with E-state index < -0.39 is 0 Å². The molecule has 0 spiro atoms. The van der Waals surface area contributed by atoms with Crippen LogP contribution in [0.4, 0.5) is 11.8 Å². The third kappa shape index (κ3) is 5.58. The van der Waals surface area contributed by atoms with Gasteiger partial charge in [-0.3, -0.25) is 0 Å². The second-order valence-electron chi connectivity index (χ2n) is 7.63. The van der Waals surface area contributed by atoms with Gasteiger partial charge in [-0.15, -0.1) is 0 Å². The first-order chi connectivity index (χ1) is 15.0. The lowest BCUT2D eigenvalue weighted by Gasteiger charge is -2.21. The Kier molecular flexibility index (Phi) is 6.80. The number of rotatable bonds is 7. The molecule has 0 saturated carbocycles. The van der Waals surface area contributed by atoms with Gasteiger partial charge in [-0.2, -0.15) is 4.98 Å². The molecule has 1 aliphatic heterocycles. The van der Waals surface area contributed by atoms with Crippen LogP contribution < -0.4 is 15.4 Å². The monoisotopic (exact) mass is 456 g/mol. The van der Waals surface area contributed by atoms with Gasteiger partial charge in [0, 0.05) is 35.2 Å². The Bertz CT molecular complexity index is 1030. The summed E-state index contributed by atoms with van der Waals surface area (Å²) in [6, 6.07) is 11.8. The molecule has 1 atom stereocenters. The van der Waals surface area contributed by atoms with E-state index in [2.05, 4.69) is 33.9 Å². The summed E-state index contributed by atoms with van der Waals surface area (Å²) in [5.41, 5.74) is 6.69. The van der Waals surface area contributed by atoms with E-state index in [0.29, 0.717) is 35.3 Å². The smallest absolute Gasteiger partial charge is 0.232 e. The SMILES string of the molecule is CN(C)[C@@H]1CCN(c2ncc(Sc3ccc(N)nc3)c(OCc3cccc(Cl)c3)n2)C1. The van der Waals surface area contributed by atoms with E-state index in [1.54, 1.807) is 12.3 Å². The first kappa shape index (κ1) is 21.7. The van der Waals surface area contributed by atoms with Crippen molar-refractivity contribution < 1.29 is 4.74 Å². The second-order valence-corrected chi connectivity index (χ2v) is 9.18. The molecule has 0 aliphatic carbocycles. The summed E-state index contributed by atoms with van der Waals surface area (Å²) < 4.78 is 6.14. The van der Waals surface area contributed by atoms with Gasteiger partial charge in [0.15, 0.2) is 0 Å². The summed E-state index contributed by atoms with van der Waals surface area (Å²) in [6.07, 6.45) is 4.64. The van der Waals surface area contributed by atoms with Gasteiger partial charge in [-0.05, 0) is 50.3 Å². The van der Waals surface area contributed by atoms with Crippen LogP contribution in [-0.2, 0) is 6.61 Å². The topological polar surface area (TPSA) is 80.4 Å². The summed E-state index contributed by atoms with van der Waals surface area (Å²) in [6.45, 7) is 2.19. The third-order valence-electron chi connectivity index (χ3n) is 5.14. The summed E-state index contributed by atoms with van der Waals surface area (Å²) in [5, 5.41) is 0.679. The fraction of sp³-hybridized carbons (Fsp3) is 0.318. The lowest BCUT2D eigenvalue weighted by Crippen LogP contribution is -2.32. The molecule has 1 aromatic carbocycles. The third-order valence-corrected chi connectivity index (χ3v) is 6.35. The normalized spacial score (nSPS) is 16.1. The number of pyridine rings is 1. The fourth-order valence-corrected chi connectivity index (χ4v) is 4.38. The van der Waals surface area contributed by atoms with Crippen LogP contribution in [0, 0.1) is 0 Å². The zero-order valence-electron chi connectivity index (χ0n) is 17.5.